The molecule has 4 heteroatoms. The molecule has 2 saturated heterocycles. The van der Waals surface area contributed by atoms with E-state index in [0.29, 0.717) is 5.92 Å². The number of nitrogens with one attached hydrogen (secondary N) is 1. The third kappa shape index (κ3) is 3.45. The average Bonchev–Trinajstić information content (AvgIpc) is 2.55. The predicted molar refractivity (Wildman–Crippen MR) is 71.4 cm³/mol. The number of piperidine rings is 1. The minimum absolute atomic E-state index is 0.0231. The molecule has 104 valence electrons. The topological polar surface area (TPSA) is 41.6 Å². The maximum atomic E-state index is 11.6. The van der Waals surface area contributed by atoms with Gasteiger partial charge in [0.1, 0.15) is 6.61 Å². The molecule has 0 saturated carbocycles. The zero-order valence-electron chi connectivity index (χ0n) is 11.8. The highest BCUT2D eigenvalue weighted by molar-refractivity contribution is 5.77. The first-order chi connectivity index (χ1) is 8.56. The van der Waals surface area contributed by atoms with Crippen molar-refractivity contribution >= 4 is 5.91 Å². The summed E-state index contributed by atoms with van der Waals surface area (Å²) in [5.74, 6) is 0.677. The molecule has 0 aliphatic carbocycles. The summed E-state index contributed by atoms with van der Waals surface area (Å²) >= 11 is 0. The minimum Gasteiger partial charge on any atom is -0.369 e. The number of nitrogens with zero attached hydrogens (tertiary/aromatic N) is 1. The molecule has 2 unspecified atom stereocenters. The van der Waals surface area contributed by atoms with Crippen LogP contribution in [0.2, 0.25) is 0 Å². The van der Waals surface area contributed by atoms with E-state index in [4.69, 9.17) is 4.74 Å². The first-order valence-electron chi connectivity index (χ1n) is 7.16. The van der Waals surface area contributed by atoms with Crippen molar-refractivity contribution in [1.29, 1.82) is 0 Å². The fourth-order valence-electron chi connectivity index (χ4n) is 3.24. The Balaban J connectivity index is 1.67. The van der Waals surface area contributed by atoms with Gasteiger partial charge in [0.25, 0.3) is 0 Å². The number of ether oxygens (including phenoxy) is 1. The maximum Gasteiger partial charge on any atom is 0.246 e. The lowest BCUT2D eigenvalue weighted by Crippen LogP contribution is -2.43. The molecular formula is C14H26N2O2. The molecule has 2 rings (SSSR count). The minimum atomic E-state index is 0.0231. The summed E-state index contributed by atoms with van der Waals surface area (Å²) in [4.78, 5) is 14.1. The second kappa shape index (κ2) is 6.02. The Morgan fingerprint density at radius 1 is 1.33 bits per heavy atom. The molecule has 2 atom stereocenters. The Morgan fingerprint density at radius 3 is 2.50 bits per heavy atom. The van der Waals surface area contributed by atoms with Crippen molar-refractivity contribution < 1.29 is 9.53 Å². The van der Waals surface area contributed by atoms with Crippen LogP contribution >= 0.6 is 0 Å². The number of hydrogen-bond acceptors (Lipinski definition) is 3. The lowest BCUT2D eigenvalue weighted by Gasteiger charge is -2.36. The van der Waals surface area contributed by atoms with E-state index in [9.17, 15) is 4.79 Å². The highest BCUT2D eigenvalue weighted by atomic mass is 16.5. The molecule has 2 heterocycles. The number of rotatable bonds is 5. The first kappa shape index (κ1) is 13.8. The van der Waals surface area contributed by atoms with Gasteiger partial charge in [-0.15, -0.1) is 0 Å². The van der Waals surface area contributed by atoms with Gasteiger partial charge in [-0.1, -0.05) is 0 Å². The van der Waals surface area contributed by atoms with Gasteiger partial charge in [0.15, 0.2) is 0 Å². The molecule has 2 aliphatic rings. The van der Waals surface area contributed by atoms with Crippen LogP contribution in [0.25, 0.3) is 0 Å². The second-order valence-corrected chi connectivity index (χ2v) is 6.05. The van der Waals surface area contributed by atoms with Crippen LogP contribution in [0, 0.1) is 5.92 Å². The third-order valence-corrected chi connectivity index (χ3v) is 4.33. The van der Waals surface area contributed by atoms with Crippen molar-refractivity contribution in [2.45, 2.75) is 57.7 Å². The summed E-state index contributed by atoms with van der Waals surface area (Å²) in [5, 5.41) is 3.01. The van der Waals surface area contributed by atoms with Crippen molar-refractivity contribution in [3.05, 3.63) is 0 Å². The first-order valence-corrected chi connectivity index (χ1v) is 7.16. The van der Waals surface area contributed by atoms with Gasteiger partial charge in [0.05, 0.1) is 6.10 Å². The van der Waals surface area contributed by atoms with E-state index in [-0.39, 0.29) is 18.6 Å². The number of fused-ring (bicyclic) bond motifs is 2. The Morgan fingerprint density at radius 2 is 1.94 bits per heavy atom. The lowest BCUT2D eigenvalue weighted by atomic mass is 9.91. The van der Waals surface area contributed by atoms with E-state index in [1.54, 1.807) is 0 Å². The molecule has 0 aromatic carbocycles. The van der Waals surface area contributed by atoms with Crippen molar-refractivity contribution in [3.63, 3.8) is 0 Å². The summed E-state index contributed by atoms with van der Waals surface area (Å²) < 4.78 is 5.29. The van der Waals surface area contributed by atoms with Gasteiger partial charge in [-0.05, 0) is 52.5 Å². The summed E-state index contributed by atoms with van der Waals surface area (Å²) in [6, 6.07) is 1.50. The summed E-state index contributed by atoms with van der Waals surface area (Å²) in [7, 11) is 2.24. The molecule has 18 heavy (non-hydrogen) atoms. The molecule has 0 radical (unpaired) electrons. The van der Waals surface area contributed by atoms with E-state index in [1.165, 1.54) is 25.7 Å². The zero-order valence-corrected chi connectivity index (χ0v) is 11.8. The van der Waals surface area contributed by atoms with Gasteiger partial charge in [0, 0.05) is 18.6 Å². The molecule has 4 nitrogen and oxygen atoms in total. The van der Waals surface area contributed by atoms with Crippen molar-refractivity contribution in [1.82, 2.24) is 10.2 Å². The van der Waals surface area contributed by atoms with Gasteiger partial charge >= 0.3 is 0 Å². The van der Waals surface area contributed by atoms with Gasteiger partial charge < -0.3 is 15.0 Å². The Hall–Kier alpha value is -0.610. The highest BCUT2D eigenvalue weighted by Gasteiger charge is 2.38. The van der Waals surface area contributed by atoms with Crippen LogP contribution in [0.5, 0.6) is 0 Å². The van der Waals surface area contributed by atoms with Crippen LogP contribution in [0.15, 0.2) is 0 Å². The third-order valence-electron chi connectivity index (χ3n) is 4.33. The van der Waals surface area contributed by atoms with Gasteiger partial charge in [-0.2, -0.15) is 0 Å². The maximum absolute atomic E-state index is 11.6. The second-order valence-electron chi connectivity index (χ2n) is 6.05. The van der Waals surface area contributed by atoms with Crippen molar-refractivity contribution in [2.24, 2.45) is 5.92 Å². The van der Waals surface area contributed by atoms with Crippen LogP contribution in [0.4, 0.5) is 0 Å². The van der Waals surface area contributed by atoms with E-state index in [1.807, 2.05) is 13.8 Å². The van der Waals surface area contributed by atoms with Crippen molar-refractivity contribution in [3.8, 4) is 0 Å². The molecule has 1 amide bonds. The highest BCUT2D eigenvalue weighted by Crippen LogP contribution is 2.36. The monoisotopic (exact) mass is 254 g/mol. The smallest absolute Gasteiger partial charge is 0.246 e. The molecule has 2 bridgehead atoms. The summed E-state index contributed by atoms with van der Waals surface area (Å²) in [5.41, 5.74) is 0. The van der Waals surface area contributed by atoms with Crippen LogP contribution in [0.3, 0.4) is 0 Å². The van der Waals surface area contributed by atoms with Crippen LogP contribution < -0.4 is 5.32 Å². The molecule has 0 spiro atoms. The quantitative estimate of drug-likeness (QED) is 0.806. The SMILES string of the molecule is CC(C)OCC(=O)NCC1CC2CCC(C1)N2C. The normalized spacial score (nSPS) is 31.9. The zero-order chi connectivity index (χ0) is 13.1. The van der Waals surface area contributed by atoms with Crippen LogP contribution in [-0.4, -0.2) is 49.2 Å². The van der Waals surface area contributed by atoms with Crippen molar-refractivity contribution in [2.75, 3.05) is 20.2 Å². The largest absolute Gasteiger partial charge is 0.369 e. The summed E-state index contributed by atoms with van der Waals surface area (Å²) in [6.45, 7) is 4.90. The van der Waals surface area contributed by atoms with E-state index < -0.39 is 0 Å². The average molecular weight is 254 g/mol. The fourth-order valence-corrected chi connectivity index (χ4v) is 3.24. The van der Waals surface area contributed by atoms with Gasteiger partial charge in [0.2, 0.25) is 5.91 Å². The van der Waals surface area contributed by atoms with Gasteiger partial charge in [-0.3, -0.25) is 4.79 Å². The molecule has 1 N–H and O–H groups in total. The number of hydrogen-bond donors (Lipinski definition) is 1. The predicted octanol–water partition coefficient (Wildman–Crippen LogP) is 1.40. The fraction of sp³-hybridized carbons (Fsp3) is 0.929. The van der Waals surface area contributed by atoms with E-state index in [2.05, 4.69) is 17.3 Å². The Kier molecular flexibility index (Phi) is 4.62. The lowest BCUT2D eigenvalue weighted by molar-refractivity contribution is -0.127. The van der Waals surface area contributed by atoms with Gasteiger partial charge in [-0.25, -0.2) is 0 Å². The molecule has 0 aromatic heterocycles. The Labute approximate surface area is 110 Å². The number of amides is 1. The van der Waals surface area contributed by atoms with Crippen LogP contribution in [0.1, 0.15) is 39.5 Å². The molecule has 2 fully saturated rings. The number of carbonyl (C=O) groups excluding carboxylic acids is 1. The molecule has 2 aliphatic heterocycles. The Bertz CT molecular complexity index is 280. The van der Waals surface area contributed by atoms with E-state index in [0.717, 1.165) is 18.6 Å². The molecular weight excluding hydrogens is 228 g/mol. The standard InChI is InChI=1S/C14H26N2O2/c1-10(2)18-9-14(17)15-8-11-6-12-4-5-13(7-11)16(12)3/h10-13H,4-9H2,1-3H3,(H,15,17). The van der Waals surface area contributed by atoms with Crippen LogP contribution in [-0.2, 0) is 9.53 Å². The molecule has 0 aromatic rings. The summed E-state index contributed by atoms with van der Waals surface area (Å²) in [6.07, 6.45) is 5.26. The number of carbonyl (C=O) groups is 1. The van der Waals surface area contributed by atoms with E-state index >= 15 is 0 Å².